The van der Waals surface area contributed by atoms with E-state index >= 15 is 0 Å². The van der Waals surface area contributed by atoms with Crippen molar-refractivity contribution >= 4 is 23.7 Å². The van der Waals surface area contributed by atoms with Crippen molar-refractivity contribution < 1.29 is 13.2 Å². The van der Waals surface area contributed by atoms with Crippen LogP contribution in [0.15, 0.2) is 81.7 Å². The molecule has 0 unspecified atom stereocenters. The van der Waals surface area contributed by atoms with Gasteiger partial charge in [-0.1, -0.05) is 73.4 Å². The summed E-state index contributed by atoms with van der Waals surface area (Å²) in [5, 5.41) is 1.39. The number of allylic oxidation sites excluding steroid dienone is 1. The minimum Gasteiger partial charge on any atom is -0.484 e. The molecule has 140 valence electrons. The maximum Gasteiger partial charge on any atom is 0.206 e. The van der Waals surface area contributed by atoms with Crippen molar-refractivity contribution in [2.75, 3.05) is 0 Å². The molecule has 1 aliphatic heterocycles. The van der Waals surface area contributed by atoms with Crippen LogP contribution in [0.3, 0.4) is 0 Å². The molecular formula is C22H24O3SSi. The van der Waals surface area contributed by atoms with E-state index in [2.05, 4.69) is 25.7 Å². The first kappa shape index (κ1) is 18.3. The minimum atomic E-state index is -3.62. The van der Waals surface area contributed by atoms with Crippen LogP contribution < -0.4 is 0 Å². The zero-order valence-corrected chi connectivity index (χ0v) is 17.7. The SMILES string of the molecule is C[Si](C)(C)C1=C[C@@H]2OC(c3ccccc3)=C(S(=O)(=O)c3ccccc3)[C@H]2C1. The van der Waals surface area contributed by atoms with E-state index in [1.807, 2.05) is 36.4 Å². The molecule has 0 spiro atoms. The van der Waals surface area contributed by atoms with Gasteiger partial charge in [0.05, 0.1) is 17.9 Å². The molecule has 0 N–H and O–H groups in total. The van der Waals surface area contributed by atoms with E-state index in [1.165, 1.54) is 5.20 Å². The summed E-state index contributed by atoms with van der Waals surface area (Å²) < 4.78 is 33.4. The van der Waals surface area contributed by atoms with Crippen LogP contribution in [0.25, 0.3) is 5.76 Å². The van der Waals surface area contributed by atoms with Crippen molar-refractivity contribution in [2.24, 2.45) is 5.92 Å². The standard InChI is InChI=1S/C22H24O3SSi/c1-27(2,3)18-14-19-20(15-18)25-21(16-10-6-4-7-11-16)22(19)26(23,24)17-12-8-5-9-13-17/h4-13,15,19-20H,14H2,1-3H3/t19-,20-/m0/s1. The molecule has 4 rings (SSSR count). The number of ether oxygens (including phenoxy) is 1. The molecule has 0 radical (unpaired) electrons. The van der Waals surface area contributed by atoms with Crippen molar-refractivity contribution in [1.29, 1.82) is 0 Å². The zero-order chi connectivity index (χ0) is 19.2. The van der Waals surface area contributed by atoms with Crippen LogP contribution in [-0.4, -0.2) is 22.6 Å². The Morgan fingerprint density at radius 1 is 0.926 bits per heavy atom. The maximum absolute atomic E-state index is 13.6. The number of rotatable bonds is 4. The number of sulfone groups is 1. The third-order valence-electron chi connectivity index (χ3n) is 5.36. The molecule has 0 fully saturated rings. The van der Waals surface area contributed by atoms with E-state index in [4.69, 9.17) is 4.74 Å². The summed E-state index contributed by atoms with van der Waals surface area (Å²) in [6.07, 6.45) is 2.78. The first-order valence-corrected chi connectivity index (χ1v) is 14.2. The van der Waals surface area contributed by atoms with Crippen molar-refractivity contribution in [1.82, 2.24) is 0 Å². The summed E-state index contributed by atoms with van der Waals surface area (Å²) >= 11 is 0. The summed E-state index contributed by atoms with van der Waals surface area (Å²) in [5.41, 5.74) is 0.823. The third-order valence-corrected chi connectivity index (χ3v) is 9.62. The largest absolute Gasteiger partial charge is 0.484 e. The van der Waals surface area contributed by atoms with Crippen molar-refractivity contribution in [3.05, 3.63) is 82.4 Å². The Bertz CT molecular complexity index is 1020. The molecule has 0 aromatic heterocycles. The Balaban J connectivity index is 1.85. The molecule has 2 aliphatic rings. The fraction of sp³-hybridized carbons (Fsp3) is 0.273. The Labute approximate surface area is 162 Å². The molecule has 2 aromatic rings. The van der Waals surface area contributed by atoms with E-state index in [9.17, 15) is 8.42 Å². The van der Waals surface area contributed by atoms with Crippen molar-refractivity contribution in [3.8, 4) is 0 Å². The van der Waals surface area contributed by atoms with Gasteiger partial charge in [-0.05, 0) is 24.6 Å². The minimum absolute atomic E-state index is 0.132. The Morgan fingerprint density at radius 2 is 1.52 bits per heavy atom. The fourth-order valence-electron chi connectivity index (χ4n) is 3.86. The van der Waals surface area contributed by atoms with E-state index in [0.717, 1.165) is 12.0 Å². The van der Waals surface area contributed by atoms with Gasteiger partial charge >= 0.3 is 0 Å². The van der Waals surface area contributed by atoms with Crippen LogP contribution in [0.5, 0.6) is 0 Å². The molecule has 0 saturated carbocycles. The van der Waals surface area contributed by atoms with Gasteiger partial charge in [-0.2, -0.15) is 0 Å². The highest BCUT2D eigenvalue weighted by Gasteiger charge is 2.47. The lowest BCUT2D eigenvalue weighted by molar-refractivity contribution is 0.207. The van der Waals surface area contributed by atoms with Crippen LogP contribution in [-0.2, 0) is 14.6 Å². The van der Waals surface area contributed by atoms with E-state index < -0.39 is 17.9 Å². The second kappa shape index (κ2) is 6.50. The summed E-state index contributed by atoms with van der Waals surface area (Å²) in [6.45, 7) is 6.90. The highest BCUT2D eigenvalue weighted by Crippen LogP contribution is 2.49. The molecule has 3 nitrogen and oxygen atoms in total. The van der Waals surface area contributed by atoms with Crippen LogP contribution >= 0.6 is 0 Å². The lowest BCUT2D eigenvalue weighted by Gasteiger charge is -2.20. The summed E-state index contributed by atoms with van der Waals surface area (Å²) in [4.78, 5) is 0.772. The summed E-state index contributed by atoms with van der Waals surface area (Å²) in [5.74, 6) is 0.382. The number of hydrogen-bond acceptors (Lipinski definition) is 3. The molecule has 1 aliphatic carbocycles. The molecule has 5 heteroatoms. The Kier molecular flexibility index (Phi) is 4.39. The van der Waals surface area contributed by atoms with Crippen molar-refractivity contribution in [2.45, 2.75) is 37.1 Å². The van der Waals surface area contributed by atoms with E-state index in [0.29, 0.717) is 15.6 Å². The summed E-state index contributed by atoms with van der Waals surface area (Å²) in [6, 6.07) is 18.3. The first-order chi connectivity index (χ1) is 12.8. The van der Waals surface area contributed by atoms with E-state index in [-0.39, 0.29) is 12.0 Å². The Hall–Kier alpha value is -2.11. The van der Waals surface area contributed by atoms with Crippen molar-refractivity contribution in [3.63, 3.8) is 0 Å². The van der Waals surface area contributed by atoms with Gasteiger partial charge in [-0.25, -0.2) is 8.42 Å². The number of hydrogen-bond donors (Lipinski definition) is 0. The van der Waals surface area contributed by atoms with Crippen LogP contribution in [0, 0.1) is 5.92 Å². The molecular weight excluding hydrogens is 372 g/mol. The van der Waals surface area contributed by atoms with Crippen LogP contribution in [0.1, 0.15) is 12.0 Å². The monoisotopic (exact) mass is 396 g/mol. The maximum atomic E-state index is 13.6. The zero-order valence-electron chi connectivity index (χ0n) is 15.8. The predicted molar refractivity (Wildman–Crippen MR) is 111 cm³/mol. The van der Waals surface area contributed by atoms with E-state index in [1.54, 1.807) is 24.3 Å². The third kappa shape index (κ3) is 3.19. The van der Waals surface area contributed by atoms with Crippen LogP contribution in [0.2, 0.25) is 19.6 Å². The number of benzene rings is 2. The Morgan fingerprint density at radius 3 is 2.11 bits per heavy atom. The fourth-order valence-corrected chi connectivity index (χ4v) is 7.15. The molecule has 1 heterocycles. The summed E-state index contributed by atoms with van der Waals surface area (Å²) in [7, 11) is -5.12. The second-order valence-corrected chi connectivity index (χ2v) is 15.3. The van der Waals surface area contributed by atoms with Gasteiger partial charge in [0.2, 0.25) is 9.84 Å². The normalized spacial score (nSPS) is 22.4. The molecule has 2 atom stereocenters. The highest BCUT2D eigenvalue weighted by molar-refractivity contribution is 7.95. The second-order valence-electron chi connectivity index (χ2n) is 8.21. The topological polar surface area (TPSA) is 43.4 Å². The van der Waals surface area contributed by atoms with Gasteiger partial charge in [0, 0.05) is 11.5 Å². The molecule has 0 saturated heterocycles. The highest BCUT2D eigenvalue weighted by atomic mass is 32.2. The van der Waals surface area contributed by atoms with Crippen LogP contribution in [0.4, 0.5) is 0 Å². The predicted octanol–water partition coefficient (Wildman–Crippen LogP) is 5.05. The molecule has 27 heavy (non-hydrogen) atoms. The quantitative estimate of drug-likeness (QED) is 0.679. The van der Waals surface area contributed by atoms with Gasteiger partial charge < -0.3 is 4.74 Å². The van der Waals surface area contributed by atoms with Gasteiger partial charge in [-0.15, -0.1) is 0 Å². The smallest absolute Gasteiger partial charge is 0.206 e. The van der Waals surface area contributed by atoms with Gasteiger partial charge in [0.1, 0.15) is 11.9 Å². The first-order valence-electron chi connectivity index (χ1n) is 9.26. The van der Waals surface area contributed by atoms with Gasteiger partial charge in [0.15, 0.2) is 0 Å². The molecule has 0 bridgehead atoms. The average Bonchev–Trinajstić information content (AvgIpc) is 3.21. The molecule has 2 aromatic carbocycles. The lowest BCUT2D eigenvalue weighted by Crippen LogP contribution is -2.24. The number of fused-ring (bicyclic) bond motifs is 1. The lowest BCUT2D eigenvalue weighted by atomic mass is 10.0. The van der Waals surface area contributed by atoms with Gasteiger partial charge in [0.25, 0.3) is 0 Å². The average molecular weight is 397 g/mol. The molecule has 0 amide bonds. The van der Waals surface area contributed by atoms with Gasteiger partial charge in [-0.3, -0.25) is 0 Å².